The lowest BCUT2D eigenvalue weighted by Gasteiger charge is -2.24. The number of aromatic nitrogens is 4. The molecular weight excluding hydrogens is 464 g/mol. The van der Waals surface area contributed by atoms with Crippen LogP contribution < -0.4 is 5.32 Å². The van der Waals surface area contributed by atoms with E-state index in [9.17, 15) is 9.59 Å². The Hall–Kier alpha value is -3.63. The number of ether oxygens (including phenoxy) is 1. The van der Waals surface area contributed by atoms with Crippen LogP contribution in [0.15, 0.2) is 48.2 Å². The Morgan fingerprint density at radius 3 is 2.89 bits per heavy atom. The number of amides is 2. The van der Waals surface area contributed by atoms with Gasteiger partial charge in [-0.3, -0.25) is 14.6 Å². The number of methoxy groups -OCH3 is 1. The van der Waals surface area contributed by atoms with Crippen molar-refractivity contribution < 1.29 is 14.3 Å². The number of hydrogen-bond acceptors (Lipinski definition) is 7. The van der Waals surface area contributed by atoms with Crippen LogP contribution in [0, 0.1) is 0 Å². The molecule has 10 heteroatoms. The van der Waals surface area contributed by atoms with Crippen LogP contribution in [0.1, 0.15) is 41.2 Å². The molecule has 1 aliphatic heterocycles. The van der Waals surface area contributed by atoms with Crippen molar-refractivity contribution in [3.8, 4) is 11.4 Å². The van der Waals surface area contributed by atoms with Crippen LogP contribution >= 0.6 is 11.3 Å². The number of benzene rings is 1. The minimum Gasteiger partial charge on any atom is -0.375 e. The molecule has 0 radical (unpaired) electrons. The van der Waals surface area contributed by atoms with Crippen LogP contribution in [0.25, 0.3) is 22.4 Å². The first kappa shape index (κ1) is 23.1. The molecule has 9 nitrogen and oxygen atoms in total. The van der Waals surface area contributed by atoms with Crippen molar-refractivity contribution in [3.63, 3.8) is 0 Å². The van der Waals surface area contributed by atoms with Crippen molar-refractivity contribution in [1.82, 2.24) is 24.4 Å². The van der Waals surface area contributed by atoms with E-state index in [2.05, 4.69) is 15.3 Å². The van der Waals surface area contributed by atoms with Gasteiger partial charge in [0.05, 0.1) is 22.6 Å². The van der Waals surface area contributed by atoms with Crippen molar-refractivity contribution in [2.45, 2.75) is 32.4 Å². The molecule has 180 valence electrons. The number of rotatable bonds is 7. The van der Waals surface area contributed by atoms with E-state index >= 15 is 0 Å². The number of anilines is 1. The van der Waals surface area contributed by atoms with E-state index in [0.717, 1.165) is 34.8 Å². The van der Waals surface area contributed by atoms with Gasteiger partial charge in [0.2, 0.25) is 5.91 Å². The van der Waals surface area contributed by atoms with Gasteiger partial charge < -0.3 is 19.5 Å². The van der Waals surface area contributed by atoms with Crippen LogP contribution in [0.4, 0.5) is 5.69 Å². The molecule has 0 bridgehead atoms. The zero-order valence-electron chi connectivity index (χ0n) is 19.6. The van der Waals surface area contributed by atoms with Crippen LogP contribution in [0.2, 0.25) is 0 Å². The largest absolute Gasteiger partial charge is 0.375 e. The zero-order chi connectivity index (χ0) is 24.4. The fourth-order valence-electron chi connectivity index (χ4n) is 4.68. The average molecular weight is 491 g/mol. The van der Waals surface area contributed by atoms with Crippen LogP contribution in [0.3, 0.4) is 0 Å². The summed E-state index contributed by atoms with van der Waals surface area (Å²) in [4.78, 5) is 41.8. The monoisotopic (exact) mass is 490 g/mol. The molecule has 0 spiro atoms. The zero-order valence-corrected chi connectivity index (χ0v) is 20.4. The molecule has 1 aromatic carbocycles. The highest BCUT2D eigenvalue weighted by atomic mass is 32.1. The Bertz CT molecular complexity index is 1350. The highest BCUT2D eigenvalue weighted by Crippen LogP contribution is 2.37. The normalized spacial score (nSPS) is 15.6. The van der Waals surface area contributed by atoms with Gasteiger partial charge in [0.15, 0.2) is 0 Å². The average Bonchev–Trinajstić information content (AvgIpc) is 3.63. The van der Waals surface area contributed by atoms with Crippen molar-refractivity contribution in [2.24, 2.45) is 0 Å². The molecule has 0 saturated carbocycles. The minimum atomic E-state index is -0.297. The Balaban J connectivity index is 1.65. The molecular formula is C25H26N6O3S. The van der Waals surface area contributed by atoms with Gasteiger partial charge >= 0.3 is 0 Å². The third-order valence-corrected chi connectivity index (χ3v) is 6.99. The Labute approximate surface area is 206 Å². The van der Waals surface area contributed by atoms with Crippen molar-refractivity contribution >= 4 is 39.9 Å². The van der Waals surface area contributed by atoms with Gasteiger partial charge in [-0.15, -0.1) is 11.3 Å². The molecule has 1 unspecified atom stereocenters. The van der Waals surface area contributed by atoms with Crippen molar-refractivity contribution in [2.75, 3.05) is 25.6 Å². The van der Waals surface area contributed by atoms with Crippen molar-refractivity contribution in [1.29, 1.82) is 0 Å². The summed E-state index contributed by atoms with van der Waals surface area (Å²) in [6, 6.07) is 7.30. The van der Waals surface area contributed by atoms with Gasteiger partial charge in [-0.25, -0.2) is 9.97 Å². The lowest BCUT2D eigenvalue weighted by molar-refractivity contribution is -0.119. The number of nitrogens with zero attached hydrogens (tertiary/aromatic N) is 5. The summed E-state index contributed by atoms with van der Waals surface area (Å²) in [5, 5.41) is 5.72. The molecule has 1 saturated heterocycles. The topological polar surface area (TPSA) is 102 Å². The first-order valence-electron chi connectivity index (χ1n) is 11.5. The van der Waals surface area contributed by atoms with E-state index in [0.29, 0.717) is 29.9 Å². The lowest BCUT2D eigenvalue weighted by atomic mass is 10.1. The molecule has 1 N–H and O–H groups in total. The van der Waals surface area contributed by atoms with E-state index in [1.165, 1.54) is 7.11 Å². The highest BCUT2D eigenvalue weighted by molar-refractivity contribution is 7.09. The maximum atomic E-state index is 14.1. The standard InChI is InChI=1S/C25H26N6O3S/c1-3-30-22-18(25(33)31-10-5-7-20(31)24-27-9-11-35-24)12-17(28-21(32)15-34-2)13-19(22)29-23(30)16-6-4-8-26-14-16/h4,6,8-9,11-14,20H,3,5,7,10,15H2,1-2H3,(H,28,32). The maximum Gasteiger partial charge on any atom is 0.256 e. The number of aryl methyl sites for hydroxylation is 1. The second-order valence-electron chi connectivity index (χ2n) is 8.32. The molecule has 0 aliphatic carbocycles. The molecule has 3 aromatic heterocycles. The minimum absolute atomic E-state index is 0.0555. The Morgan fingerprint density at radius 1 is 1.29 bits per heavy atom. The maximum absolute atomic E-state index is 14.1. The van der Waals surface area contributed by atoms with Crippen molar-refractivity contribution in [3.05, 3.63) is 58.8 Å². The molecule has 35 heavy (non-hydrogen) atoms. The highest BCUT2D eigenvalue weighted by Gasteiger charge is 2.34. The predicted molar refractivity (Wildman–Crippen MR) is 134 cm³/mol. The summed E-state index contributed by atoms with van der Waals surface area (Å²) < 4.78 is 6.99. The van der Waals surface area contributed by atoms with Gasteiger partial charge in [-0.05, 0) is 44.0 Å². The Morgan fingerprint density at radius 2 is 2.17 bits per heavy atom. The van der Waals surface area contributed by atoms with E-state index in [1.807, 2.05) is 33.9 Å². The molecule has 4 heterocycles. The number of likely N-dealkylation sites (tertiary alicyclic amines) is 1. The first-order valence-corrected chi connectivity index (χ1v) is 12.4. The van der Waals surface area contributed by atoms with E-state index < -0.39 is 0 Å². The van der Waals surface area contributed by atoms with Crippen LogP contribution in [0.5, 0.6) is 0 Å². The number of thiazole rings is 1. The fraction of sp³-hybridized carbons (Fsp3) is 0.320. The second-order valence-corrected chi connectivity index (χ2v) is 9.25. The van der Waals surface area contributed by atoms with Gasteiger partial charge in [0, 0.05) is 55.4 Å². The van der Waals surface area contributed by atoms with Gasteiger partial charge in [0.25, 0.3) is 5.91 Å². The predicted octanol–water partition coefficient (Wildman–Crippen LogP) is 4.14. The number of carbonyl (C=O) groups is 2. The molecule has 4 aromatic rings. The van der Waals surface area contributed by atoms with E-state index in [1.54, 1.807) is 42.1 Å². The summed E-state index contributed by atoms with van der Waals surface area (Å²) in [7, 11) is 1.47. The van der Waals surface area contributed by atoms with E-state index in [4.69, 9.17) is 9.72 Å². The summed E-state index contributed by atoms with van der Waals surface area (Å²) in [5.41, 5.74) is 3.24. The fourth-order valence-corrected chi connectivity index (χ4v) is 5.46. The number of pyridine rings is 1. The summed E-state index contributed by atoms with van der Waals surface area (Å²) in [6.07, 6.45) is 7.04. The van der Waals surface area contributed by atoms with Gasteiger partial charge in [-0.2, -0.15) is 0 Å². The van der Waals surface area contributed by atoms with Gasteiger partial charge in [-0.1, -0.05) is 0 Å². The summed E-state index contributed by atoms with van der Waals surface area (Å²) in [6.45, 7) is 3.22. The smallest absolute Gasteiger partial charge is 0.256 e. The molecule has 5 rings (SSSR count). The van der Waals surface area contributed by atoms with E-state index in [-0.39, 0.29) is 24.5 Å². The Kier molecular flexibility index (Phi) is 6.56. The SMILES string of the molecule is CCn1c(-c2cccnc2)nc2cc(NC(=O)COC)cc(C(=O)N3CCCC3c3nccs3)c21. The van der Waals surface area contributed by atoms with Crippen LogP contribution in [-0.2, 0) is 16.1 Å². The molecule has 1 fully saturated rings. The number of fused-ring (bicyclic) bond motifs is 1. The summed E-state index contributed by atoms with van der Waals surface area (Å²) in [5.74, 6) is 0.334. The van der Waals surface area contributed by atoms with Crippen LogP contribution in [-0.4, -0.2) is 56.5 Å². The first-order chi connectivity index (χ1) is 17.1. The number of imidazole rings is 1. The second kappa shape index (κ2) is 9.93. The third-order valence-electron chi connectivity index (χ3n) is 6.12. The number of nitrogens with one attached hydrogen (secondary N) is 1. The molecule has 2 amide bonds. The number of hydrogen-bond donors (Lipinski definition) is 1. The molecule has 1 aliphatic rings. The quantitative estimate of drug-likeness (QED) is 0.418. The third kappa shape index (κ3) is 4.42. The summed E-state index contributed by atoms with van der Waals surface area (Å²) >= 11 is 1.57. The lowest BCUT2D eigenvalue weighted by Crippen LogP contribution is -2.31. The van der Waals surface area contributed by atoms with Gasteiger partial charge in [0.1, 0.15) is 17.4 Å². The molecule has 1 atom stereocenters. The number of carbonyl (C=O) groups excluding carboxylic acids is 2.